The minimum atomic E-state index is -0.0557. The zero-order valence-corrected chi connectivity index (χ0v) is 11.9. The number of hydrogen-bond donors (Lipinski definition) is 0. The van der Waals surface area contributed by atoms with Crippen molar-refractivity contribution >= 4 is 34.4 Å². The van der Waals surface area contributed by atoms with Crippen LogP contribution >= 0.6 is 11.6 Å². The number of pyridine rings is 1. The van der Waals surface area contributed by atoms with Gasteiger partial charge in [0.15, 0.2) is 5.78 Å². The molecule has 3 heteroatoms. The molecule has 3 aromatic rings. The first-order chi connectivity index (χ1) is 10.2. The lowest BCUT2D eigenvalue weighted by Crippen LogP contribution is -1.93. The summed E-state index contributed by atoms with van der Waals surface area (Å²) in [5, 5.41) is 1.39. The number of carbonyl (C=O) groups excluding carboxylic acids is 1. The van der Waals surface area contributed by atoms with E-state index < -0.39 is 0 Å². The van der Waals surface area contributed by atoms with E-state index in [2.05, 4.69) is 4.98 Å². The summed E-state index contributed by atoms with van der Waals surface area (Å²) in [6, 6.07) is 18.8. The summed E-state index contributed by atoms with van der Waals surface area (Å²) < 4.78 is 0. The highest BCUT2D eigenvalue weighted by Gasteiger charge is 2.04. The molecule has 0 aliphatic rings. The summed E-state index contributed by atoms with van der Waals surface area (Å²) in [5.41, 5.74) is 2.23. The molecule has 1 heterocycles. The lowest BCUT2D eigenvalue weighted by molar-refractivity contribution is 0.104. The largest absolute Gasteiger partial charge is 0.289 e. The Balaban J connectivity index is 1.92. The summed E-state index contributed by atoms with van der Waals surface area (Å²) >= 11 is 6.16. The predicted molar refractivity (Wildman–Crippen MR) is 86.6 cm³/mol. The Morgan fingerprint density at radius 1 is 1.00 bits per heavy atom. The topological polar surface area (TPSA) is 30.0 Å². The van der Waals surface area contributed by atoms with Gasteiger partial charge in [0.05, 0.1) is 5.52 Å². The van der Waals surface area contributed by atoms with E-state index in [1.165, 1.54) is 6.08 Å². The van der Waals surface area contributed by atoms with Crippen molar-refractivity contribution in [2.45, 2.75) is 0 Å². The van der Waals surface area contributed by atoms with Crippen LogP contribution < -0.4 is 0 Å². The molecule has 0 amide bonds. The maximum atomic E-state index is 12.0. The summed E-state index contributed by atoms with van der Waals surface area (Å²) in [6.45, 7) is 0. The van der Waals surface area contributed by atoms with Gasteiger partial charge < -0.3 is 0 Å². The fraction of sp³-hybridized carbons (Fsp3) is 0. The molecule has 0 bridgehead atoms. The fourth-order valence-corrected chi connectivity index (χ4v) is 2.30. The molecular weight excluding hydrogens is 282 g/mol. The van der Waals surface area contributed by atoms with E-state index in [-0.39, 0.29) is 5.78 Å². The molecule has 3 rings (SSSR count). The minimum absolute atomic E-state index is 0.0557. The van der Waals surface area contributed by atoms with Crippen molar-refractivity contribution in [1.82, 2.24) is 4.98 Å². The third-order valence-corrected chi connectivity index (χ3v) is 3.48. The molecule has 1 aromatic heterocycles. The van der Waals surface area contributed by atoms with Gasteiger partial charge in [0, 0.05) is 16.5 Å². The second-order valence-corrected chi connectivity index (χ2v) is 4.98. The Kier molecular flexibility index (Phi) is 3.80. The van der Waals surface area contributed by atoms with Crippen LogP contribution in [-0.2, 0) is 0 Å². The maximum absolute atomic E-state index is 12.0. The molecule has 0 spiro atoms. The Hall–Kier alpha value is -2.45. The third-order valence-electron chi connectivity index (χ3n) is 3.18. The van der Waals surface area contributed by atoms with E-state index in [4.69, 9.17) is 11.6 Å². The van der Waals surface area contributed by atoms with Crippen molar-refractivity contribution < 1.29 is 4.79 Å². The molecule has 0 aliphatic heterocycles. The van der Waals surface area contributed by atoms with Crippen LogP contribution in [0.15, 0.2) is 66.7 Å². The standard InChI is InChI=1S/C18H12ClNO/c19-18-15(12-14-8-4-5-9-16(14)20-18)10-11-17(21)13-6-2-1-3-7-13/h1-12H/b11-10+. The number of aromatic nitrogens is 1. The number of fused-ring (bicyclic) bond motifs is 1. The van der Waals surface area contributed by atoms with Gasteiger partial charge in [-0.1, -0.05) is 60.1 Å². The smallest absolute Gasteiger partial charge is 0.185 e. The molecule has 0 saturated carbocycles. The summed E-state index contributed by atoms with van der Waals surface area (Å²) in [7, 11) is 0. The van der Waals surface area contributed by atoms with Crippen LogP contribution in [0.3, 0.4) is 0 Å². The minimum Gasteiger partial charge on any atom is -0.289 e. The van der Waals surface area contributed by atoms with Gasteiger partial charge in [0.25, 0.3) is 0 Å². The molecule has 2 aromatic carbocycles. The van der Waals surface area contributed by atoms with Crippen LogP contribution in [0.2, 0.25) is 5.15 Å². The van der Waals surface area contributed by atoms with E-state index in [9.17, 15) is 4.79 Å². The highest BCUT2D eigenvalue weighted by atomic mass is 35.5. The van der Waals surface area contributed by atoms with Crippen molar-refractivity contribution in [3.8, 4) is 0 Å². The van der Waals surface area contributed by atoms with E-state index in [1.54, 1.807) is 18.2 Å². The molecule has 0 unspecified atom stereocenters. The third kappa shape index (κ3) is 3.01. The summed E-state index contributed by atoms with van der Waals surface area (Å²) in [6.07, 6.45) is 3.23. The molecule has 21 heavy (non-hydrogen) atoms. The molecule has 0 fully saturated rings. The molecule has 0 aliphatic carbocycles. The lowest BCUT2D eigenvalue weighted by Gasteiger charge is -2.01. The van der Waals surface area contributed by atoms with Gasteiger partial charge in [-0.15, -0.1) is 0 Å². The lowest BCUT2D eigenvalue weighted by atomic mass is 10.1. The first-order valence-corrected chi connectivity index (χ1v) is 6.94. The Labute approximate surface area is 127 Å². The number of halogens is 1. The monoisotopic (exact) mass is 293 g/mol. The van der Waals surface area contributed by atoms with E-state index in [1.807, 2.05) is 48.5 Å². The van der Waals surface area contributed by atoms with Crippen LogP contribution in [0, 0.1) is 0 Å². The number of benzene rings is 2. The van der Waals surface area contributed by atoms with Crippen molar-refractivity contribution in [3.05, 3.63) is 83.0 Å². The molecular formula is C18H12ClNO. The highest BCUT2D eigenvalue weighted by molar-refractivity contribution is 6.31. The van der Waals surface area contributed by atoms with E-state index in [0.29, 0.717) is 10.7 Å². The normalized spacial score (nSPS) is 11.1. The summed E-state index contributed by atoms with van der Waals surface area (Å²) in [4.78, 5) is 16.4. The van der Waals surface area contributed by atoms with Crippen LogP contribution in [0.5, 0.6) is 0 Å². The van der Waals surface area contributed by atoms with Crippen LogP contribution in [0.25, 0.3) is 17.0 Å². The van der Waals surface area contributed by atoms with Crippen molar-refractivity contribution in [2.75, 3.05) is 0 Å². The second kappa shape index (κ2) is 5.90. The zero-order chi connectivity index (χ0) is 14.7. The SMILES string of the molecule is O=C(/C=C/c1cc2ccccc2nc1Cl)c1ccccc1. The van der Waals surface area contributed by atoms with Crippen LogP contribution in [0.4, 0.5) is 0 Å². The number of hydrogen-bond acceptors (Lipinski definition) is 2. The highest BCUT2D eigenvalue weighted by Crippen LogP contribution is 2.21. The Bertz CT molecular complexity index is 825. The number of allylic oxidation sites excluding steroid dienone is 1. The zero-order valence-electron chi connectivity index (χ0n) is 11.2. The molecule has 102 valence electrons. The van der Waals surface area contributed by atoms with E-state index >= 15 is 0 Å². The van der Waals surface area contributed by atoms with Gasteiger partial charge >= 0.3 is 0 Å². The Morgan fingerprint density at radius 2 is 1.71 bits per heavy atom. The van der Waals surface area contributed by atoms with Gasteiger partial charge in [-0.3, -0.25) is 4.79 Å². The molecule has 0 N–H and O–H groups in total. The van der Waals surface area contributed by atoms with E-state index in [0.717, 1.165) is 16.5 Å². The van der Waals surface area contributed by atoms with Gasteiger partial charge in [0.1, 0.15) is 5.15 Å². The van der Waals surface area contributed by atoms with Crippen LogP contribution in [-0.4, -0.2) is 10.8 Å². The van der Waals surface area contributed by atoms with Gasteiger partial charge in [-0.05, 0) is 24.3 Å². The number of carbonyl (C=O) groups is 1. The van der Waals surface area contributed by atoms with Gasteiger partial charge in [0.2, 0.25) is 0 Å². The molecule has 2 nitrogen and oxygen atoms in total. The Morgan fingerprint density at radius 3 is 2.52 bits per heavy atom. The predicted octanol–water partition coefficient (Wildman–Crippen LogP) is 4.78. The molecule has 0 radical (unpaired) electrons. The van der Waals surface area contributed by atoms with Crippen LogP contribution in [0.1, 0.15) is 15.9 Å². The average Bonchev–Trinajstić information content (AvgIpc) is 2.53. The van der Waals surface area contributed by atoms with Crippen molar-refractivity contribution in [2.24, 2.45) is 0 Å². The maximum Gasteiger partial charge on any atom is 0.185 e. The quantitative estimate of drug-likeness (QED) is 0.395. The molecule has 0 saturated heterocycles. The number of rotatable bonds is 3. The van der Waals surface area contributed by atoms with Crippen molar-refractivity contribution in [3.63, 3.8) is 0 Å². The second-order valence-electron chi connectivity index (χ2n) is 4.62. The number of nitrogens with zero attached hydrogens (tertiary/aromatic N) is 1. The first-order valence-electron chi connectivity index (χ1n) is 6.57. The number of ketones is 1. The first kappa shape index (κ1) is 13.5. The average molecular weight is 294 g/mol. The van der Waals surface area contributed by atoms with Gasteiger partial charge in [-0.2, -0.15) is 0 Å². The van der Waals surface area contributed by atoms with Gasteiger partial charge in [-0.25, -0.2) is 4.98 Å². The molecule has 0 atom stereocenters. The number of para-hydroxylation sites is 1. The fourth-order valence-electron chi connectivity index (χ4n) is 2.09. The summed E-state index contributed by atoms with van der Waals surface area (Å²) in [5.74, 6) is -0.0557. The van der Waals surface area contributed by atoms with Crippen molar-refractivity contribution in [1.29, 1.82) is 0 Å².